The van der Waals surface area contributed by atoms with Crippen LogP contribution in [-0.4, -0.2) is 36.5 Å². The first-order valence-electron chi connectivity index (χ1n) is 5.95. The fourth-order valence-corrected chi connectivity index (χ4v) is 2.50. The lowest BCUT2D eigenvalue weighted by Gasteiger charge is -2.28. The van der Waals surface area contributed by atoms with Crippen LogP contribution in [-0.2, 0) is 4.79 Å². The molecule has 1 aliphatic heterocycles. The van der Waals surface area contributed by atoms with Crippen molar-refractivity contribution in [3.8, 4) is 0 Å². The van der Waals surface area contributed by atoms with Crippen LogP contribution in [0.4, 0.5) is 0 Å². The van der Waals surface area contributed by atoms with Crippen LogP contribution in [0.1, 0.15) is 19.8 Å². The highest BCUT2D eigenvalue weighted by molar-refractivity contribution is 7.99. The summed E-state index contributed by atoms with van der Waals surface area (Å²) in [6, 6.07) is 0.0122. The average molecular weight is 242 g/mol. The summed E-state index contributed by atoms with van der Waals surface area (Å²) in [5.41, 5.74) is 0. The van der Waals surface area contributed by atoms with Crippen LogP contribution in [0, 0.1) is 5.92 Å². The molecule has 3 nitrogen and oxygen atoms in total. The van der Waals surface area contributed by atoms with E-state index in [4.69, 9.17) is 0 Å². The maximum atomic E-state index is 11.8. The Morgan fingerprint density at radius 3 is 3.19 bits per heavy atom. The molecule has 0 spiro atoms. The number of thioether (sulfide) groups is 1. The number of carbonyl (C=O) groups is 1. The van der Waals surface area contributed by atoms with E-state index in [1.165, 1.54) is 6.42 Å². The first-order valence-corrected chi connectivity index (χ1v) is 7.11. The van der Waals surface area contributed by atoms with E-state index in [2.05, 4.69) is 24.1 Å². The van der Waals surface area contributed by atoms with Crippen LogP contribution in [0.2, 0.25) is 0 Å². The summed E-state index contributed by atoms with van der Waals surface area (Å²) in [6.45, 7) is 7.52. The zero-order valence-corrected chi connectivity index (χ0v) is 10.8. The van der Waals surface area contributed by atoms with E-state index in [-0.39, 0.29) is 11.9 Å². The van der Waals surface area contributed by atoms with E-state index in [1.807, 2.05) is 6.08 Å². The molecule has 4 heteroatoms. The van der Waals surface area contributed by atoms with Gasteiger partial charge in [0.15, 0.2) is 0 Å². The van der Waals surface area contributed by atoms with Gasteiger partial charge in [-0.25, -0.2) is 0 Å². The van der Waals surface area contributed by atoms with Crippen molar-refractivity contribution in [3.05, 3.63) is 12.7 Å². The summed E-state index contributed by atoms with van der Waals surface area (Å²) in [5.74, 6) is 2.52. The molecule has 1 amide bonds. The average Bonchev–Trinajstić information content (AvgIpc) is 2.29. The molecule has 1 rings (SSSR count). The van der Waals surface area contributed by atoms with E-state index in [9.17, 15) is 4.79 Å². The van der Waals surface area contributed by atoms with Crippen molar-refractivity contribution in [2.75, 3.05) is 24.6 Å². The lowest BCUT2D eigenvalue weighted by Crippen LogP contribution is -2.51. The van der Waals surface area contributed by atoms with Crippen molar-refractivity contribution in [1.29, 1.82) is 0 Å². The van der Waals surface area contributed by atoms with Crippen molar-refractivity contribution >= 4 is 17.7 Å². The second-order valence-corrected chi connectivity index (χ2v) is 5.36. The fraction of sp³-hybridized carbons (Fsp3) is 0.750. The molecule has 2 unspecified atom stereocenters. The van der Waals surface area contributed by atoms with Gasteiger partial charge in [-0.3, -0.25) is 4.79 Å². The van der Waals surface area contributed by atoms with Gasteiger partial charge in [-0.05, 0) is 25.3 Å². The minimum Gasteiger partial charge on any atom is -0.354 e. The van der Waals surface area contributed by atoms with Gasteiger partial charge in [0.05, 0.1) is 6.04 Å². The Hall–Kier alpha value is -0.480. The number of rotatable bonds is 6. The predicted octanol–water partition coefficient (Wildman–Crippen LogP) is 1.41. The van der Waals surface area contributed by atoms with E-state index in [0.717, 1.165) is 31.0 Å². The van der Waals surface area contributed by atoms with E-state index < -0.39 is 0 Å². The van der Waals surface area contributed by atoms with Crippen molar-refractivity contribution < 1.29 is 4.79 Å². The number of hydrogen-bond donors (Lipinski definition) is 2. The van der Waals surface area contributed by atoms with Crippen molar-refractivity contribution in [2.24, 2.45) is 5.92 Å². The summed E-state index contributed by atoms with van der Waals surface area (Å²) in [6.07, 6.45) is 4.22. The first kappa shape index (κ1) is 13.6. The Morgan fingerprint density at radius 1 is 1.69 bits per heavy atom. The van der Waals surface area contributed by atoms with Crippen LogP contribution in [0.15, 0.2) is 12.7 Å². The van der Waals surface area contributed by atoms with Crippen molar-refractivity contribution in [2.45, 2.75) is 25.8 Å². The molecule has 0 aromatic carbocycles. The molecule has 2 N–H and O–H groups in total. The largest absolute Gasteiger partial charge is 0.354 e. The summed E-state index contributed by atoms with van der Waals surface area (Å²) in [5, 5.41) is 6.27. The van der Waals surface area contributed by atoms with Crippen LogP contribution < -0.4 is 10.6 Å². The predicted molar refractivity (Wildman–Crippen MR) is 70.7 cm³/mol. The first-order chi connectivity index (χ1) is 7.75. The molecule has 0 aromatic heterocycles. The second kappa shape index (κ2) is 7.74. The second-order valence-electron chi connectivity index (χ2n) is 4.21. The van der Waals surface area contributed by atoms with E-state index in [0.29, 0.717) is 5.92 Å². The minimum absolute atomic E-state index is 0.0122. The number of carbonyl (C=O) groups excluding carboxylic acids is 1. The van der Waals surface area contributed by atoms with Gasteiger partial charge in [-0.15, -0.1) is 6.58 Å². The molecular weight excluding hydrogens is 220 g/mol. The summed E-state index contributed by atoms with van der Waals surface area (Å²) < 4.78 is 0. The number of piperidine rings is 1. The van der Waals surface area contributed by atoms with Crippen LogP contribution in [0.25, 0.3) is 0 Å². The topological polar surface area (TPSA) is 41.1 Å². The molecule has 1 saturated heterocycles. The van der Waals surface area contributed by atoms with Gasteiger partial charge in [0.1, 0.15) is 0 Å². The molecule has 1 heterocycles. The summed E-state index contributed by atoms with van der Waals surface area (Å²) in [4.78, 5) is 11.8. The maximum absolute atomic E-state index is 11.8. The molecule has 16 heavy (non-hydrogen) atoms. The third kappa shape index (κ3) is 4.58. The minimum atomic E-state index is 0.0122. The number of hydrogen-bond acceptors (Lipinski definition) is 3. The summed E-state index contributed by atoms with van der Waals surface area (Å²) >= 11 is 1.79. The number of amides is 1. The van der Waals surface area contributed by atoms with Crippen LogP contribution >= 0.6 is 11.8 Å². The molecule has 0 aliphatic carbocycles. The molecule has 0 aromatic rings. The third-order valence-electron chi connectivity index (χ3n) is 2.83. The molecule has 0 radical (unpaired) electrons. The quantitative estimate of drug-likeness (QED) is 0.546. The van der Waals surface area contributed by atoms with Gasteiger partial charge < -0.3 is 10.6 Å². The van der Waals surface area contributed by atoms with Gasteiger partial charge in [0, 0.05) is 18.1 Å². The Kier molecular flexibility index (Phi) is 6.57. The van der Waals surface area contributed by atoms with Gasteiger partial charge >= 0.3 is 0 Å². The monoisotopic (exact) mass is 242 g/mol. The molecule has 0 saturated carbocycles. The molecule has 92 valence electrons. The third-order valence-corrected chi connectivity index (χ3v) is 3.80. The highest BCUT2D eigenvalue weighted by atomic mass is 32.2. The zero-order chi connectivity index (χ0) is 11.8. The SMILES string of the molecule is C=CCSCCNC(=O)C1NCCCC1C. The zero-order valence-electron chi connectivity index (χ0n) is 10.00. The van der Waals surface area contributed by atoms with Crippen molar-refractivity contribution in [1.82, 2.24) is 10.6 Å². The Bertz CT molecular complexity index is 233. The van der Waals surface area contributed by atoms with Gasteiger partial charge in [-0.1, -0.05) is 13.0 Å². The Balaban J connectivity index is 2.15. The van der Waals surface area contributed by atoms with Gasteiger partial charge in [0.2, 0.25) is 5.91 Å². The molecule has 2 atom stereocenters. The van der Waals surface area contributed by atoms with Gasteiger partial charge in [-0.2, -0.15) is 11.8 Å². The number of nitrogens with one attached hydrogen (secondary N) is 2. The van der Waals surface area contributed by atoms with Crippen molar-refractivity contribution in [3.63, 3.8) is 0 Å². The molecule has 0 bridgehead atoms. The van der Waals surface area contributed by atoms with E-state index >= 15 is 0 Å². The standard InChI is InChI=1S/C12H22N2OS/c1-3-8-16-9-7-14-12(15)11-10(2)5-4-6-13-11/h3,10-11,13H,1,4-9H2,2H3,(H,14,15). The smallest absolute Gasteiger partial charge is 0.237 e. The highest BCUT2D eigenvalue weighted by Crippen LogP contribution is 2.15. The summed E-state index contributed by atoms with van der Waals surface area (Å²) in [7, 11) is 0. The maximum Gasteiger partial charge on any atom is 0.237 e. The normalized spacial score (nSPS) is 25.1. The molecular formula is C12H22N2OS. The Labute approximate surface area is 102 Å². The lowest BCUT2D eigenvalue weighted by atomic mass is 9.92. The van der Waals surface area contributed by atoms with E-state index in [1.54, 1.807) is 11.8 Å². The van der Waals surface area contributed by atoms with Gasteiger partial charge in [0.25, 0.3) is 0 Å². The van der Waals surface area contributed by atoms with Crippen LogP contribution in [0.3, 0.4) is 0 Å². The highest BCUT2D eigenvalue weighted by Gasteiger charge is 2.26. The Morgan fingerprint density at radius 2 is 2.50 bits per heavy atom. The van der Waals surface area contributed by atoms with Crippen LogP contribution in [0.5, 0.6) is 0 Å². The molecule has 1 fully saturated rings. The lowest BCUT2D eigenvalue weighted by molar-refractivity contribution is -0.124. The fourth-order valence-electron chi connectivity index (χ4n) is 1.92. The molecule has 1 aliphatic rings.